The molecule has 1 atom stereocenters. The first-order valence-corrected chi connectivity index (χ1v) is 10.9. The van der Waals surface area contributed by atoms with Crippen molar-refractivity contribution in [1.82, 2.24) is 19.7 Å². The van der Waals surface area contributed by atoms with Gasteiger partial charge in [-0.1, -0.05) is 30.3 Å². The molecule has 0 spiro atoms. The lowest BCUT2D eigenvalue weighted by Gasteiger charge is -2.27. The molecule has 1 N–H and O–H groups in total. The number of nitrogens with zero attached hydrogens (tertiary/aromatic N) is 5. The summed E-state index contributed by atoms with van der Waals surface area (Å²) in [7, 11) is 1.44. The number of halogens is 3. The van der Waals surface area contributed by atoms with E-state index in [1.807, 2.05) is 18.2 Å². The van der Waals surface area contributed by atoms with Gasteiger partial charge in [0, 0.05) is 24.2 Å². The van der Waals surface area contributed by atoms with E-state index >= 15 is 0 Å². The van der Waals surface area contributed by atoms with Crippen LogP contribution >= 0.6 is 0 Å². The van der Waals surface area contributed by atoms with Crippen molar-refractivity contribution in [1.29, 1.82) is 0 Å². The summed E-state index contributed by atoms with van der Waals surface area (Å²) in [4.78, 5) is 23.8. The number of ether oxygens (including phenoxy) is 1. The summed E-state index contributed by atoms with van der Waals surface area (Å²) < 4.78 is 43.8. The van der Waals surface area contributed by atoms with Gasteiger partial charge in [-0.05, 0) is 24.5 Å². The molecule has 1 aliphatic rings. The highest BCUT2D eigenvalue weighted by Gasteiger charge is 2.32. The standard InChI is InChI=1S/C24H21F3N6O2/c1-35-21-11-18-17(10-19(21)31-23(34)16-12-30-33(13-16)24(25,26)27)22(29-14-28-18)32-9-5-8-20(32)15-6-3-2-4-7-15/h2-4,6-7,10-14,20H,5,8-9H2,1H3,(H,31,34). The quantitative estimate of drug-likeness (QED) is 0.435. The maximum absolute atomic E-state index is 12.9. The number of hydrogen-bond acceptors (Lipinski definition) is 6. The van der Waals surface area contributed by atoms with Crippen LogP contribution in [0.15, 0.2) is 61.2 Å². The largest absolute Gasteiger partial charge is 0.504 e. The fraction of sp³-hybridized carbons (Fsp3) is 0.250. The molecule has 1 fully saturated rings. The molecule has 1 saturated heterocycles. The van der Waals surface area contributed by atoms with Crippen LogP contribution in [0.1, 0.15) is 34.8 Å². The van der Waals surface area contributed by atoms with E-state index in [-0.39, 0.29) is 22.0 Å². The Labute approximate surface area is 198 Å². The summed E-state index contributed by atoms with van der Waals surface area (Å²) in [5, 5.41) is 6.55. The van der Waals surface area contributed by atoms with Gasteiger partial charge in [0.25, 0.3) is 5.91 Å². The van der Waals surface area contributed by atoms with Crippen molar-refractivity contribution in [3.8, 4) is 5.75 Å². The van der Waals surface area contributed by atoms with Crippen LogP contribution in [0.5, 0.6) is 5.75 Å². The Morgan fingerprint density at radius 2 is 1.97 bits per heavy atom. The van der Waals surface area contributed by atoms with Crippen LogP contribution in [-0.4, -0.2) is 39.3 Å². The first kappa shape index (κ1) is 22.6. The average Bonchev–Trinajstić information content (AvgIpc) is 3.54. The molecule has 4 aromatic rings. The molecule has 0 saturated carbocycles. The zero-order valence-electron chi connectivity index (χ0n) is 18.7. The van der Waals surface area contributed by atoms with Gasteiger partial charge >= 0.3 is 6.30 Å². The number of aromatic nitrogens is 4. The maximum Gasteiger partial charge on any atom is 0.504 e. The number of amides is 1. The molecule has 3 heterocycles. The summed E-state index contributed by atoms with van der Waals surface area (Å²) in [6.07, 6.45) is 0.232. The molecule has 0 radical (unpaired) electrons. The Kier molecular flexibility index (Phi) is 5.75. The lowest BCUT2D eigenvalue weighted by molar-refractivity contribution is -0.212. The highest BCUT2D eigenvalue weighted by Crippen LogP contribution is 2.40. The topological polar surface area (TPSA) is 85.2 Å². The number of fused-ring (bicyclic) bond motifs is 1. The van der Waals surface area contributed by atoms with Crippen molar-refractivity contribution >= 4 is 28.3 Å². The highest BCUT2D eigenvalue weighted by atomic mass is 19.4. The van der Waals surface area contributed by atoms with E-state index < -0.39 is 12.2 Å². The summed E-state index contributed by atoms with van der Waals surface area (Å²) in [5.41, 5.74) is 1.85. The maximum atomic E-state index is 12.9. The van der Waals surface area contributed by atoms with Gasteiger partial charge in [-0.2, -0.15) is 9.78 Å². The minimum Gasteiger partial charge on any atom is -0.494 e. The van der Waals surface area contributed by atoms with E-state index in [0.29, 0.717) is 28.7 Å². The number of anilines is 2. The van der Waals surface area contributed by atoms with E-state index in [4.69, 9.17) is 4.74 Å². The number of hydrogen-bond donors (Lipinski definition) is 1. The predicted octanol–water partition coefficient (Wildman–Crippen LogP) is 4.91. The number of carbonyl (C=O) groups excluding carboxylic acids is 1. The molecule has 8 nitrogen and oxygen atoms in total. The van der Waals surface area contributed by atoms with E-state index in [1.165, 1.54) is 19.0 Å². The molecular formula is C24H21F3N6O2. The van der Waals surface area contributed by atoms with Gasteiger partial charge in [-0.15, -0.1) is 13.2 Å². The Morgan fingerprint density at radius 3 is 2.69 bits per heavy atom. The van der Waals surface area contributed by atoms with Crippen molar-refractivity contribution in [2.24, 2.45) is 0 Å². The van der Waals surface area contributed by atoms with Gasteiger partial charge in [-0.3, -0.25) is 4.79 Å². The molecule has 5 rings (SSSR count). The minimum absolute atomic E-state index is 0.141. The summed E-state index contributed by atoms with van der Waals surface area (Å²) in [5.74, 6) is 0.282. The number of carbonyl (C=O) groups is 1. The van der Waals surface area contributed by atoms with Gasteiger partial charge in [-0.25, -0.2) is 9.97 Å². The molecule has 0 aliphatic carbocycles. The summed E-state index contributed by atoms with van der Waals surface area (Å²) in [6, 6.07) is 13.7. The van der Waals surface area contributed by atoms with E-state index in [1.54, 1.807) is 12.1 Å². The van der Waals surface area contributed by atoms with Gasteiger partial charge < -0.3 is 15.0 Å². The molecule has 0 bridgehead atoms. The van der Waals surface area contributed by atoms with Gasteiger partial charge in [0.05, 0.1) is 36.1 Å². The highest BCUT2D eigenvalue weighted by molar-refractivity contribution is 6.06. The fourth-order valence-electron chi connectivity index (χ4n) is 4.38. The first-order valence-electron chi connectivity index (χ1n) is 10.9. The fourth-order valence-corrected chi connectivity index (χ4v) is 4.38. The summed E-state index contributed by atoms with van der Waals surface area (Å²) in [6.45, 7) is 0.802. The molecule has 1 unspecified atom stereocenters. The summed E-state index contributed by atoms with van der Waals surface area (Å²) >= 11 is 0. The SMILES string of the molecule is COc1cc2ncnc(N3CCCC3c3ccccc3)c2cc1NC(=O)c1cnn(C(F)(F)F)c1. The Hall–Kier alpha value is -4.15. The first-order chi connectivity index (χ1) is 16.8. The lowest BCUT2D eigenvalue weighted by atomic mass is 10.0. The monoisotopic (exact) mass is 482 g/mol. The van der Waals surface area contributed by atoms with E-state index in [2.05, 4.69) is 37.4 Å². The lowest BCUT2D eigenvalue weighted by Crippen LogP contribution is -2.24. The van der Waals surface area contributed by atoms with E-state index in [9.17, 15) is 18.0 Å². The number of alkyl halides is 3. The number of rotatable bonds is 5. The minimum atomic E-state index is -4.71. The Balaban J connectivity index is 1.52. The zero-order valence-corrected chi connectivity index (χ0v) is 18.7. The predicted molar refractivity (Wildman–Crippen MR) is 123 cm³/mol. The van der Waals surface area contributed by atoms with Crippen LogP contribution in [0, 0.1) is 0 Å². The third-order valence-corrected chi connectivity index (χ3v) is 6.00. The van der Waals surface area contributed by atoms with Crippen LogP contribution < -0.4 is 15.0 Å². The van der Waals surface area contributed by atoms with Crippen LogP contribution in [-0.2, 0) is 6.30 Å². The molecule has 1 aliphatic heterocycles. The van der Waals surface area contributed by atoms with Crippen molar-refractivity contribution < 1.29 is 22.7 Å². The third-order valence-electron chi connectivity index (χ3n) is 6.00. The molecule has 1 amide bonds. The van der Waals surface area contributed by atoms with Crippen LogP contribution in [0.3, 0.4) is 0 Å². The van der Waals surface area contributed by atoms with Gasteiger partial charge in [0.1, 0.15) is 17.9 Å². The molecule has 35 heavy (non-hydrogen) atoms. The Bertz CT molecular complexity index is 1370. The zero-order chi connectivity index (χ0) is 24.6. The number of nitrogens with one attached hydrogen (secondary N) is 1. The second kappa shape index (κ2) is 8.90. The Morgan fingerprint density at radius 1 is 1.17 bits per heavy atom. The van der Waals surface area contributed by atoms with Crippen molar-refractivity contribution in [2.45, 2.75) is 25.2 Å². The van der Waals surface area contributed by atoms with Crippen molar-refractivity contribution in [2.75, 3.05) is 23.9 Å². The number of methoxy groups -OCH3 is 1. The third kappa shape index (κ3) is 4.36. The van der Waals surface area contributed by atoms with Crippen LogP contribution in [0.4, 0.5) is 24.7 Å². The molecule has 2 aromatic heterocycles. The van der Waals surface area contributed by atoms with Crippen LogP contribution in [0.25, 0.3) is 10.9 Å². The smallest absolute Gasteiger partial charge is 0.494 e. The second-order valence-electron chi connectivity index (χ2n) is 8.12. The van der Waals surface area contributed by atoms with Crippen molar-refractivity contribution in [3.63, 3.8) is 0 Å². The normalized spacial score (nSPS) is 16.0. The molecular weight excluding hydrogens is 461 g/mol. The average molecular weight is 482 g/mol. The van der Waals surface area contributed by atoms with Crippen LogP contribution in [0.2, 0.25) is 0 Å². The molecule has 180 valence electrons. The molecule has 2 aromatic carbocycles. The second-order valence-corrected chi connectivity index (χ2v) is 8.12. The molecule has 11 heteroatoms. The van der Waals surface area contributed by atoms with E-state index in [0.717, 1.165) is 25.6 Å². The van der Waals surface area contributed by atoms with Gasteiger partial charge in [0.15, 0.2) is 0 Å². The van der Waals surface area contributed by atoms with Gasteiger partial charge in [0.2, 0.25) is 0 Å². The number of benzene rings is 2. The van der Waals surface area contributed by atoms with Crippen molar-refractivity contribution in [3.05, 3.63) is 72.3 Å².